The molecule has 2 N–H and O–H groups in total. The molecule has 6 nitrogen and oxygen atoms in total. The fourth-order valence-corrected chi connectivity index (χ4v) is 4.18. The summed E-state index contributed by atoms with van der Waals surface area (Å²) in [5.41, 5.74) is 3.27. The molecule has 1 aliphatic heterocycles. The number of aromatic nitrogens is 2. The molecule has 1 fully saturated rings. The van der Waals surface area contributed by atoms with E-state index in [0.717, 1.165) is 49.3 Å². The number of nitrogens with one attached hydrogen (secondary N) is 2. The minimum absolute atomic E-state index is 0.152. The highest BCUT2D eigenvalue weighted by Gasteiger charge is 2.20. The Kier molecular flexibility index (Phi) is 6.18. The zero-order valence-electron chi connectivity index (χ0n) is 17.1. The maximum absolute atomic E-state index is 12.8. The van der Waals surface area contributed by atoms with Gasteiger partial charge in [-0.1, -0.05) is 23.2 Å². The molecular weight excluding hydrogens is 421 g/mol. The molecule has 158 valence electrons. The van der Waals surface area contributed by atoms with E-state index in [2.05, 4.69) is 32.1 Å². The molecule has 1 atom stereocenters. The molecule has 4 rings (SSSR count). The number of carbonyl (C=O) groups excluding carboxylic acids is 1. The largest absolute Gasteiger partial charge is 0.369 e. The van der Waals surface area contributed by atoms with Crippen molar-refractivity contribution in [3.63, 3.8) is 0 Å². The van der Waals surface area contributed by atoms with E-state index in [4.69, 9.17) is 23.2 Å². The van der Waals surface area contributed by atoms with Crippen LogP contribution in [-0.2, 0) is 4.79 Å². The van der Waals surface area contributed by atoms with E-state index in [0.29, 0.717) is 21.6 Å². The number of H-pyrrole nitrogens is 1. The number of imidazole rings is 1. The molecule has 0 aliphatic carbocycles. The van der Waals surface area contributed by atoms with E-state index in [9.17, 15) is 4.79 Å². The monoisotopic (exact) mass is 445 g/mol. The number of amides is 1. The summed E-state index contributed by atoms with van der Waals surface area (Å²) in [6.45, 7) is 5.83. The van der Waals surface area contributed by atoms with Crippen molar-refractivity contribution in [2.75, 3.05) is 43.4 Å². The van der Waals surface area contributed by atoms with Crippen molar-refractivity contribution < 1.29 is 4.79 Å². The minimum atomic E-state index is -0.448. The summed E-state index contributed by atoms with van der Waals surface area (Å²) in [5.74, 6) is -0.00249. The Labute approximate surface area is 186 Å². The van der Waals surface area contributed by atoms with Gasteiger partial charge in [-0.05, 0) is 63.3 Å². The summed E-state index contributed by atoms with van der Waals surface area (Å²) in [6, 6.07) is 11.1. The third-order valence-electron chi connectivity index (χ3n) is 5.54. The summed E-state index contributed by atoms with van der Waals surface area (Å²) in [6.07, 6.45) is 1.10. The fourth-order valence-electron chi connectivity index (χ4n) is 3.71. The zero-order valence-corrected chi connectivity index (χ0v) is 18.6. The highest BCUT2D eigenvalue weighted by atomic mass is 35.5. The standard InChI is InChI=1S/C22H25Cl2N5O/c1-14(21-26-18-6-4-15(23)12-19(18)27-21)22(30)25-16-5-7-20(17(24)13-16)29-9-3-8-28(2)10-11-29/h4-7,12-14H,3,8-11H2,1-2H3,(H,25,30)(H,26,27). The number of aromatic amines is 1. The first-order valence-corrected chi connectivity index (χ1v) is 10.9. The third-order valence-corrected chi connectivity index (χ3v) is 6.08. The van der Waals surface area contributed by atoms with Gasteiger partial charge in [0.25, 0.3) is 0 Å². The molecule has 1 unspecified atom stereocenters. The van der Waals surface area contributed by atoms with Gasteiger partial charge in [0, 0.05) is 30.3 Å². The summed E-state index contributed by atoms with van der Waals surface area (Å²) in [4.78, 5) is 25.1. The topological polar surface area (TPSA) is 64.3 Å². The Bertz CT molecular complexity index is 1070. The molecule has 1 aromatic heterocycles. The molecule has 3 aromatic rings. The van der Waals surface area contributed by atoms with Crippen molar-refractivity contribution in [1.82, 2.24) is 14.9 Å². The first kappa shape index (κ1) is 21.0. The van der Waals surface area contributed by atoms with Crippen molar-refractivity contribution >= 4 is 51.5 Å². The van der Waals surface area contributed by atoms with E-state index >= 15 is 0 Å². The van der Waals surface area contributed by atoms with Gasteiger partial charge in [0.2, 0.25) is 5.91 Å². The normalized spacial score (nSPS) is 16.5. The molecule has 2 heterocycles. The van der Waals surface area contributed by atoms with Crippen LogP contribution < -0.4 is 10.2 Å². The van der Waals surface area contributed by atoms with Crippen LogP contribution in [0, 0.1) is 0 Å². The number of rotatable bonds is 4. The van der Waals surface area contributed by atoms with Gasteiger partial charge in [-0.25, -0.2) is 4.98 Å². The minimum Gasteiger partial charge on any atom is -0.369 e. The van der Waals surface area contributed by atoms with Crippen LogP contribution in [0.4, 0.5) is 11.4 Å². The van der Waals surface area contributed by atoms with Crippen LogP contribution in [0.5, 0.6) is 0 Å². The first-order chi connectivity index (χ1) is 14.4. The van der Waals surface area contributed by atoms with Crippen molar-refractivity contribution in [2.45, 2.75) is 19.3 Å². The Morgan fingerprint density at radius 2 is 1.97 bits per heavy atom. The number of halogens is 2. The number of nitrogens with zero attached hydrogens (tertiary/aromatic N) is 3. The molecule has 2 aromatic carbocycles. The molecular formula is C22H25Cl2N5O. The average Bonchev–Trinajstić information content (AvgIpc) is 3.01. The van der Waals surface area contributed by atoms with Crippen molar-refractivity contribution in [3.8, 4) is 0 Å². The van der Waals surface area contributed by atoms with Crippen molar-refractivity contribution in [2.24, 2.45) is 0 Å². The Morgan fingerprint density at radius 1 is 1.13 bits per heavy atom. The van der Waals surface area contributed by atoms with Gasteiger partial charge in [-0.2, -0.15) is 0 Å². The fraction of sp³-hybridized carbons (Fsp3) is 0.364. The third kappa shape index (κ3) is 4.56. The van der Waals surface area contributed by atoms with Gasteiger partial charge in [-0.3, -0.25) is 4.79 Å². The van der Waals surface area contributed by atoms with Gasteiger partial charge < -0.3 is 20.1 Å². The second-order valence-corrected chi connectivity index (χ2v) is 8.65. The lowest BCUT2D eigenvalue weighted by atomic mass is 10.1. The molecule has 1 amide bonds. The lowest BCUT2D eigenvalue weighted by Crippen LogP contribution is -2.29. The number of hydrogen-bond acceptors (Lipinski definition) is 4. The van der Waals surface area contributed by atoms with Crippen LogP contribution in [0.1, 0.15) is 25.1 Å². The van der Waals surface area contributed by atoms with E-state index in [1.165, 1.54) is 0 Å². The Hall–Kier alpha value is -2.28. The first-order valence-electron chi connectivity index (χ1n) is 10.1. The zero-order chi connectivity index (χ0) is 21.3. The highest BCUT2D eigenvalue weighted by Crippen LogP contribution is 2.30. The number of carbonyl (C=O) groups is 1. The molecule has 0 bridgehead atoms. The lowest BCUT2D eigenvalue weighted by molar-refractivity contribution is -0.117. The molecule has 1 aliphatic rings. The SMILES string of the molecule is CC(C(=O)Nc1ccc(N2CCCN(C)CC2)c(Cl)c1)c1nc2ccc(Cl)cc2[nH]1. The predicted octanol–water partition coefficient (Wildman–Crippen LogP) is 4.75. The van der Waals surface area contributed by atoms with E-state index in [1.807, 2.05) is 31.2 Å². The van der Waals surface area contributed by atoms with Crippen molar-refractivity contribution in [1.29, 1.82) is 0 Å². The second kappa shape index (κ2) is 8.84. The molecule has 8 heteroatoms. The van der Waals surface area contributed by atoms with Crippen LogP contribution >= 0.6 is 23.2 Å². The maximum atomic E-state index is 12.8. The van der Waals surface area contributed by atoms with Crippen LogP contribution in [0.2, 0.25) is 10.0 Å². The highest BCUT2D eigenvalue weighted by molar-refractivity contribution is 6.33. The number of fused-ring (bicyclic) bond motifs is 1. The number of hydrogen-bond donors (Lipinski definition) is 2. The lowest BCUT2D eigenvalue weighted by Gasteiger charge is -2.24. The number of anilines is 2. The second-order valence-electron chi connectivity index (χ2n) is 7.80. The molecule has 1 saturated heterocycles. The van der Waals surface area contributed by atoms with Gasteiger partial charge >= 0.3 is 0 Å². The summed E-state index contributed by atoms with van der Waals surface area (Å²) in [5, 5.41) is 4.22. The molecule has 30 heavy (non-hydrogen) atoms. The molecule has 0 spiro atoms. The predicted molar refractivity (Wildman–Crippen MR) is 124 cm³/mol. The quantitative estimate of drug-likeness (QED) is 0.607. The van der Waals surface area contributed by atoms with Gasteiger partial charge in [-0.15, -0.1) is 0 Å². The van der Waals surface area contributed by atoms with Gasteiger partial charge in [0.05, 0.1) is 27.7 Å². The van der Waals surface area contributed by atoms with E-state index < -0.39 is 5.92 Å². The number of likely N-dealkylation sites (N-methyl/N-ethyl adjacent to an activating group) is 1. The summed E-state index contributed by atoms with van der Waals surface area (Å²) in [7, 11) is 2.14. The Morgan fingerprint density at radius 3 is 2.77 bits per heavy atom. The van der Waals surface area contributed by atoms with Crippen molar-refractivity contribution in [3.05, 3.63) is 52.3 Å². The van der Waals surface area contributed by atoms with Crippen LogP contribution in [0.25, 0.3) is 11.0 Å². The molecule has 0 radical (unpaired) electrons. The van der Waals surface area contributed by atoms with Gasteiger partial charge in [0.15, 0.2) is 0 Å². The van der Waals surface area contributed by atoms with E-state index in [1.54, 1.807) is 12.1 Å². The average molecular weight is 446 g/mol. The Balaban J connectivity index is 1.46. The smallest absolute Gasteiger partial charge is 0.234 e. The molecule has 0 saturated carbocycles. The van der Waals surface area contributed by atoms with E-state index in [-0.39, 0.29) is 5.91 Å². The maximum Gasteiger partial charge on any atom is 0.234 e. The van der Waals surface area contributed by atoms with Crippen LogP contribution in [0.3, 0.4) is 0 Å². The summed E-state index contributed by atoms with van der Waals surface area (Å²) < 4.78 is 0. The summed E-state index contributed by atoms with van der Waals surface area (Å²) >= 11 is 12.6. The van der Waals surface area contributed by atoms with Crippen LogP contribution in [-0.4, -0.2) is 54.0 Å². The van der Waals surface area contributed by atoms with Crippen LogP contribution in [0.15, 0.2) is 36.4 Å². The number of benzene rings is 2. The van der Waals surface area contributed by atoms with Gasteiger partial charge in [0.1, 0.15) is 5.82 Å².